The molecule has 0 spiro atoms. The first-order chi connectivity index (χ1) is 6.40. The summed E-state index contributed by atoms with van der Waals surface area (Å²) in [5.74, 6) is 0. The summed E-state index contributed by atoms with van der Waals surface area (Å²) in [7, 11) is 0. The maximum atomic E-state index is 5.52. The second kappa shape index (κ2) is 6.94. The number of fused-ring (bicyclic) bond motifs is 1. The fourth-order valence-corrected chi connectivity index (χ4v) is 1.85. The molecule has 0 aliphatic carbocycles. The molecule has 4 heteroatoms. The van der Waals surface area contributed by atoms with Crippen molar-refractivity contribution in [3.8, 4) is 0 Å². The Kier molecular flexibility index (Phi) is 6.73. The number of nitrogens with two attached hydrogens (primary N) is 1. The van der Waals surface area contributed by atoms with Crippen LogP contribution < -0.4 is 11.1 Å². The number of aryl methyl sites for hydroxylation is 1. The molecule has 1 aromatic carbocycles. The lowest BCUT2D eigenvalue weighted by molar-refractivity contribution is 0.826. The summed E-state index contributed by atoms with van der Waals surface area (Å²) >= 11 is 0. The van der Waals surface area contributed by atoms with E-state index >= 15 is 0 Å². The van der Waals surface area contributed by atoms with E-state index in [-0.39, 0.29) is 24.8 Å². The number of halogens is 2. The van der Waals surface area contributed by atoms with Crippen molar-refractivity contribution < 1.29 is 0 Å². The van der Waals surface area contributed by atoms with E-state index in [0.29, 0.717) is 0 Å². The molecule has 0 aromatic heterocycles. The van der Waals surface area contributed by atoms with E-state index in [1.165, 1.54) is 29.7 Å². The van der Waals surface area contributed by atoms with Crippen LogP contribution >= 0.6 is 24.8 Å². The molecule has 0 radical (unpaired) electrons. The number of nitrogens with one attached hydrogen (secondary N) is 1. The highest BCUT2D eigenvalue weighted by molar-refractivity contribution is 5.85. The SMILES string of the molecule is Cl.Cl.NCCc1ccc2c(c1)CCCN2. The molecule has 0 bridgehead atoms. The van der Waals surface area contributed by atoms with Gasteiger partial charge in [0.2, 0.25) is 0 Å². The molecule has 0 unspecified atom stereocenters. The maximum absolute atomic E-state index is 5.52. The van der Waals surface area contributed by atoms with Crippen LogP contribution in [0.1, 0.15) is 17.5 Å². The first-order valence-corrected chi connectivity index (χ1v) is 4.96. The van der Waals surface area contributed by atoms with Crippen LogP contribution in [0.25, 0.3) is 0 Å². The second-order valence-corrected chi connectivity index (χ2v) is 3.56. The van der Waals surface area contributed by atoms with Crippen molar-refractivity contribution in [3.05, 3.63) is 29.3 Å². The highest BCUT2D eigenvalue weighted by Gasteiger charge is 2.07. The first-order valence-electron chi connectivity index (χ1n) is 4.96. The van der Waals surface area contributed by atoms with Gasteiger partial charge in [-0.05, 0) is 43.0 Å². The van der Waals surface area contributed by atoms with E-state index in [1.54, 1.807) is 0 Å². The minimum absolute atomic E-state index is 0. The summed E-state index contributed by atoms with van der Waals surface area (Å²) in [5, 5.41) is 3.40. The second-order valence-electron chi connectivity index (χ2n) is 3.56. The molecule has 0 fully saturated rings. The third kappa shape index (κ3) is 3.56. The van der Waals surface area contributed by atoms with Gasteiger partial charge in [0.1, 0.15) is 0 Å². The quantitative estimate of drug-likeness (QED) is 0.844. The van der Waals surface area contributed by atoms with Gasteiger partial charge in [0, 0.05) is 12.2 Å². The van der Waals surface area contributed by atoms with Crippen molar-refractivity contribution in [2.45, 2.75) is 19.3 Å². The smallest absolute Gasteiger partial charge is 0.0372 e. The zero-order valence-electron chi connectivity index (χ0n) is 8.66. The molecule has 15 heavy (non-hydrogen) atoms. The first kappa shape index (κ1) is 14.6. The van der Waals surface area contributed by atoms with Crippen LogP contribution in [0.3, 0.4) is 0 Å². The van der Waals surface area contributed by atoms with Crippen LogP contribution in [-0.2, 0) is 12.8 Å². The molecule has 1 heterocycles. The highest BCUT2D eigenvalue weighted by atomic mass is 35.5. The molecule has 0 saturated heterocycles. The van der Waals surface area contributed by atoms with Crippen LogP contribution in [0.15, 0.2) is 18.2 Å². The molecule has 1 aliphatic heterocycles. The largest absolute Gasteiger partial charge is 0.385 e. The zero-order valence-corrected chi connectivity index (χ0v) is 10.3. The lowest BCUT2D eigenvalue weighted by atomic mass is 10.00. The fraction of sp³-hybridized carbons (Fsp3) is 0.455. The molecule has 2 nitrogen and oxygen atoms in total. The van der Waals surface area contributed by atoms with Gasteiger partial charge in [-0.1, -0.05) is 12.1 Å². The summed E-state index contributed by atoms with van der Waals surface area (Å²) in [6.45, 7) is 1.86. The Balaban J connectivity index is 0.000000980. The van der Waals surface area contributed by atoms with E-state index in [9.17, 15) is 0 Å². The molecule has 1 aromatic rings. The molecule has 3 N–H and O–H groups in total. The average molecular weight is 249 g/mol. The van der Waals surface area contributed by atoms with Crippen LogP contribution in [0, 0.1) is 0 Å². The Hall–Kier alpha value is -0.440. The van der Waals surface area contributed by atoms with E-state index in [0.717, 1.165) is 19.5 Å². The van der Waals surface area contributed by atoms with Gasteiger partial charge in [-0.25, -0.2) is 0 Å². The minimum Gasteiger partial charge on any atom is -0.385 e. The van der Waals surface area contributed by atoms with Crippen LogP contribution in [0.2, 0.25) is 0 Å². The number of anilines is 1. The molecule has 0 saturated carbocycles. The van der Waals surface area contributed by atoms with E-state index in [1.807, 2.05) is 0 Å². The van der Waals surface area contributed by atoms with Crippen molar-refractivity contribution in [3.63, 3.8) is 0 Å². The molecule has 2 rings (SSSR count). The lowest BCUT2D eigenvalue weighted by Gasteiger charge is -2.18. The number of rotatable bonds is 2. The summed E-state index contributed by atoms with van der Waals surface area (Å²) in [4.78, 5) is 0. The Labute approximate surface area is 103 Å². The fourth-order valence-electron chi connectivity index (χ4n) is 1.85. The summed E-state index contributed by atoms with van der Waals surface area (Å²) < 4.78 is 0. The van der Waals surface area contributed by atoms with Crippen molar-refractivity contribution in [2.24, 2.45) is 5.73 Å². The van der Waals surface area contributed by atoms with Gasteiger partial charge in [-0.3, -0.25) is 0 Å². The van der Waals surface area contributed by atoms with Gasteiger partial charge in [-0.2, -0.15) is 0 Å². The molecule has 86 valence electrons. The molecule has 0 amide bonds. The molecule has 1 aliphatic rings. The Morgan fingerprint density at radius 3 is 2.80 bits per heavy atom. The van der Waals surface area contributed by atoms with Gasteiger partial charge < -0.3 is 11.1 Å². The Morgan fingerprint density at radius 1 is 1.27 bits per heavy atom. The molecular formula is C11H18Cl2N2. The predicted molar refractivity (Wildman–Crippen MR) is 70.5 cm³/mol. The standard InChI is InChI=1S/C11H16N2.2ClH/c12-6-5-9-3-4-11-10(8-9)2-1-7-13-11;;/h3-4,8,13H,1-2,5-7,12H2;2*1H. The molecule has 0 atom stereocenters. The Morgan fingerprint density at radius 2 is 2.07 bits per heavy atom. The third-order valence-electron chi connectivity index (χ3n) is 2.54. The summed E-state index contributed by atoms with van der Waals surface area (Å²) in [6.07, 6.45) is 3.45. The van der Waals surface area contributed by atoms with Gasteiger partial charge in [-0.15, -0.1) is 24.8 Å². The third-order valence-corrected chi connectivity index (χ3v) is 2.54. The number of hydrogen-bond acceptors (Lipinski definition) is 2. The topological polar surface area (TPSA) is 38.0 Å². The van der Waals surface area contributed by atoms with Gasteiger partial charge in [0.25, 0.3) is 0 Å². The predicted octanol–water partition coefficient (Wildman–Crippen LogP) is 2.39. The summed E-state index contributed by atoms with van der Waals surface area (Å²) in [5.41, 5.74) is 9.65. The van der Waals surface area contributed by atoms with Gasteiger partial charge >= 0.3 is 0 Å². The maximum Gasteiger partial charge on any atom is 0.0372 e. The van der Waals surface area contributed by atoms with Crippen molar-refractivity contribution in [2.75, 3.05) is 18.4 Å². The summed E-state index contributed by atoms with van der Waals surface area (Å²) in [6, 6.07) is 6.64. The number of benzene rings is 1. The van der Waals surface area contributed by atoms with Crippen molar-refractivity contribution >= 4 is 30.5 Å². The van der Waals surface area contributed by atoms with Gasteiger partial charge in [0.05, 0.1) is 0 Å². The number of hydrogen-bond donors (Lipinski definition) is 2. The average Bonchev–Trinajstić information content (AvgIpc) is 2.18. The normalized spacial score (nSPS) is 12.9. The zero-order chi connectivity index (χ0) is 9.10. The van der Waals surface area contributed by atoms with Crippen LogP contribution in [0.5, 0.6) is 0 Å². The van der Waals surface area contributed by atoms with Crippen LogP contribution in [-0.4, -0.2) is 13.1 Å². The van der Waals surface area contributed by atoms with E-state index in [2.05, 4.69) is 23.5 Å². The molecular weight excluding hydrogens is 231 g/mol. The van der Waals surface area contributed by atoms with E-state index in [4.69, 9.17) is 5.73 Å². The lowest BCUT2D eigenvalue weighted by Crippen LogP contribution is -2.12. The van der Waals surface area contributed by atoms with Crippen molar-refractivity contribution in [1.82, 2.24) is 0 Å². The van der Waals surface area contributed by atoms with Crippen molar-refractivity contribution in [1.29, 1.82) is 0 Å². The minimum atomic E-state index is 0. The highest BCUT2D eigenvalue weighted by Crippen LogP contribution is 2.22. The van der Waals surface area contributed by atoms with Crippen LogP contribution in [0.4, 0.5) is 5.69 Å². The monoisotopic (exact) mass is 248 g/mol. The Bertz CT molecular complexity index is 303. The van der Waals surface area contributed by atoms with E-state index < -0.39 is 0 Å². The van der Waals surface area contributed by atoms with Gasteiger partial charge in [0.15, 0.2) is 0 Å².